The van der Waals surface area contributed by atoms with E-state index < -0.39 is 11.6 Å². The molecule has 29 heavy (non-hydrogen) atoms. The lowest BCUT2D eigenvalue weighted by Gasteiger charge is -2.39. The monoisotopic (exact) mass is 400 g/mol. The first-order chi connectivity index (χ1) is 13.9. The van der Waals surface area contributed by atoms with Gasteiger partial charge in [0.15, 0.2) is 0 Å². The van der Waals surface area contributed by atoms with Crippen molar-refractivity contribution in [2.75, 3.05) is 18.0 Å². The van der Waals surface area contributed by atoms with Crippen molar-refractivity contribution < 1.29 is 13.6 Å². The molecular weight excluding hydrogens is 370 g/mol. The largest absolute Gasteiger partial charge is 0.309 e. The molecule has 0 aromatic heterocycles. The third-order valence-electron chi connectivity index (χ3n) is 5.72. The first-order valence-electron chi connectivity index (χ1n) is 10.5. The van der Waals surface area contributed by atoms with Crippen LogP contribution in [0.25, 0.3) is 0 Å². The molecule has 0 spiro atoms. The Kier molecular flexibility index (Phi) is 7.01. The zero-order valence-corrected chi connectivity index (χ0v) is 17.5. The summed E-state index contributed by atoms with van der Waals surface area (Å²) in [7, 11) is 0. The van der Waals surface area contributed by atoms with Crippen LogP contribution in [0.5, 0.6) is 0 Å². The van der Waals surface area contributed by atoms with Crippen molar-refractivity contribution in [3.8, 4) is 0 Å². The van der Waals surface area contributed by atoms with Crippen LogP contribution < -0.4 is 4.90 Å². The molecule has 0 unspecified atom stereocenters. The van der Waals surface area contributed by atoms with Gasteiger partial charge in [-0.2, -0.15) is 0 Å². The van der Waals surface area contributed by atoms with E-state index in [9.17, 15) is 13.6 Å². The number of aryl methyl sites for hydroxylation is 1. The molecule has 2 aromatic carbocycles. The van der Waals surface area contributed by atoms with Crippen LogP contribution in [-0.4, -0.2) is 29.9 Å². The van der Waals surface area contributed by atoms with Crippen LogP contribution in [0.2, 0.25) is 0 Å². The van der Waals surface area contributed by atoms with Gasteiger partial charge in [-0.25, -0.2) is 8.78 Å². The molecule has 3 rings (SSSR count). The summed E-state index contributed by atoms with van der Waals surface area (Å²) in [5.41, 5.74) is 2.29. The number of hydrogen-bond acceptors (Lipinski definition) is 2. The number of benzene rings is 2. The van der Waals surface area contributed by atoms with E-state index in [2.05, 4.69) is 24.0 Å². The quantitative estimate of drug-likeness (QED) is 0.667. The standard InChI is InChI=1S/C24H30F2N2O/c1-4-18-8-10-19(11-9-18)28(24(29)17(2)3)20-12-14-27(15-13-20)16-21-22(25)6-5-7-23(21)26/h5-11,17,20H,4,12-16H2,1-3H3. The number of halogens is 2. The minimum atomic E-state index is -0.500. The summed E-state index contributed by atoms with van der Waals surface area (Å²) in [4.78, 5) is 17.0. The van der Waals surface area contributed by atoms with Crippen LogP contribution in [0.3, 0.4) is 0 Å². The number of nitrogens with zero attached hydrogens (tertiary/aromatic N) is 2. The molecule has 1 amide bonds. The van der Waals surface area contributed by atoms with Gasteiger partial charge in [-0.3, -0.25) is 9.69 Å². The van der Waals surface area contributed by atoms with Crippen LogP contribution in [-0.2, 0) is 17.8 Å². The first-order valence-corrected chi connectivity index (χ1v) is 10.5. The van der Waals surface area contributed by atoms with E-state index in [0.717, 1.165) is 24.9 Å². The number of carbonyl (C=O) groups is 1. The summed E-state index contributed by atoms with van der Waals surface area (Å²) >= 11 is 0. The molecular formula is C24H30F2N2O. The van der Waals surface area contributed by atoms with E-state index in [0.29, 0.717) is 13.1 Å². The maximum atomic E-state index is 14.0. The van der Waals surface area contributed by atoms with Gasteiger partial charge in [0.2, 0.25) is 5.91 Å². The number of likely N-dealkylation sites (tertiary alicyclic amines) is 1. The maximum absolute atomic E-state index is 14.0. The Balaban J connectivity index is 1.72. The predicted octanol–water partition coefficient (Wildman–Crippen LogP) is 5.18. The average molecular weight is 401 g/mol. The van der Waals surface area contributed by atoms with Gasteiger partial charge in [0.25, 0.3) is 0 Å². The Hall–Kier alpha value is -2.27. The van der Waals surface area contributed by atoms with Gasteiger partial charge >= 0.3 is 0 Å². The van der Waals surface area contributed by atoms with Gasteiger partial charge in [-0.15, -0.1) is 0 Å². The second-order valence-electron chi connectivity index (χ2n) is 8.09. The Morgan fingerprint density at radius 1 is 1.07 bits per heavy atom. The fourth-order valence-corrected chi connectivity index (χ4v) is 3.93. The Morgan fingerprint density at radius 2 is 1.66 bits per heavy atom. The number of hydrogen-bond donors (Lipinski definition) is 0. The molecule has 156 valence electrons. The molecule has 1 aliphatic rings. The summed E-state index contributed by atoms with van der Waals surface area (Å²) in [5, 5.41) is 0. The minimum absolute atomic E-state index is 0.0913. The van der Waals surface area contributed by atoms with Crippen molar-refractivity contribution in [2.45, 2.75) is 52.6 Å². The Morgan fingerprint density at radius 3 is 2.17 bits per heavy atom. The van der Waals surface area contributed by atoms with Crippen LogP contribution in [0.15, 0.2) is 42.5 Å². The van der Waals surface area contributed by atoms with Crippen molar-refractivity contribution in [2.24, 2.45) is 5.92 Å². The summed E-state index contributed by atoms with van der Waals surface area (Å²) in [6.45, 7) is 7.62. The zero-order chi connectivity index (χ0) is 21.0. The number of piperidine rings is 1. The van der Waals surface area contributed by atoms with Gasteiger partial charge in [0.05, 0.1) is 0 Å². The van der Waals surface area contributed by atoms with E-state index in [1.807, 2.05) is 30.9 Å². The topological polar surface area (TPSA) is 23.6 Å². The van der Waals surface area contributed by atoms with Crippen molar-refractivity contribution in [1.82, 2.24) is 4.90 Å². The number of anilines is 1. The van der Waals surface area contributed by atoms with E-state index in [-0.39, 0.29) is 30.0 Å². The molecule has 0 bridgehead atoms. The zero-order valence-electron chi connectivity index (χ0n) is 17.5. The van der Waals surface area contributed by atoms with Crippen molar-refractivity contribution in [3.63, 3.8) is 0 Å². The summed E-state index contributed by atoms with van der Waals surface area (Å²) in [6.07, 6.45) is 2.53. The molecule has 0 N–H and O–H groups in total. The first kappa shape index (κ1) is 21.4. The highest BCUT2D eigenvalue weighted by molar-refractivity contribution is 5.95. The minimum Gasteiger partial charge on any atom is -0.309 e. The molecule has 0 radical (unpaired) electrons. The number of carbonyl (C=O) groups excluding carboxylic acids is 1. The third-order valence-corrected chi connectivity index (χ3v) is 5.72. The van der Waals surface area contributed by atoms with E-state index >= 15 is 0 Å². The molecule has 5 heteroatoms. The Bertz CT molecular complexity index is 807. The smallest absolute Gasteiger partial charge is 0.229 e. The van der Waals surface area contributed by atoms with Gasteiger partial charge in [0.1, 0.15) is 11.6 Å². The highest BCUT2D eigenvalue weighted by Gasteiger charge is 2.30. The SMILES string of the molecule is CCc1ccc(N(C(=O)C(C)C)C2CCN(Cc3c(F)cccc3F)CC2)cc1. The van der Waals surface area contributed by atoms with Gasteiger partial charge in [0, 0.05) is 42.8 Å². The van der Waals surface area contributed by atoms with Crippen LogP contribution in [0, 0.1) is 17.6 Å². The highest BCUT2D eigenvalue weighted by Crippen LogP contribution is 2.27. The van der Waals surface area contributed by atoms with E-state index in [1.165, 1.54) is 23.8 Å². The van der Waals surface area contributed by atoms with Gasteiger partial charge in [-0.05, 0) is 49.1 Å². The molecule has 1 heterocycles. The van der Waals surface area contributed by atoms with Crippen molar-refractivity contribution in [3.05, 3.63) is 65.2 Å². The molecule has 1 saturated heterocycles. The van der Waals surface area contributed by atoms with E-state index in [1.54, 1.807) is 0 Å². The second kappa shape index (κ2) is 9.49. The van der Waals surface area contributed by atoms with Crippen LogP contribution in [0.4, 0.5) is 14.5 Å². The lowest BCUT2D eigenvalue weighted by molar-refractivity contribution is -0.122. The van der Waals surface area contributed by atoms with Gasteiger partial charge < -0.3 is 4.90 Å². The van der Waals surface area contributed by atoms with Crippen LogP contribution >= 0.6 is 0 Å². The molecule has 0 atom stereocenters. The second-order valence-corrected chi connectivity index (χ2v) is 8.09. The average Bonchev–Trinajstić information content (AvgIpc) is 2.72. The normalized spacial score (nSPS) is 15.7. The van der Waals surface area contributed by atoms with Crippen LogP contribution in [0.1, 0.15) is 44.7 Å². The third kappa shape index (κ3) is 5.02. The summed E-state index contributed by atoms with van der Waals surface area (Å²) < 4.78 is 27.9. The fourth-order valence-electron chi connectivity index (χ4n) is 3.93. The summed E-state index contributed by atoms with van der Waals surface area (Å²) in [6, 6.07) is 12.3. The Labute approximate surface area is 172 Å². The summed E-state index contributed by atoms with van der Waals surface area (Å²) in [5.74, 6) is -0.973. The van der Waals surface area contributed by atoms with Gasteiger partial charge in [-0.1, -0.05) is 39.0 Å². The molecule has 3 nitrogen and oxygen atoms in total. The maximum Gasteiger partial charge on any atom is 0.229 e. The molecule has 1 fully saturated rings. The molecule has 1 aliphatic heterocycles. The molecule has 0 saturated carbocycles. The molecule has 2 aromatic rings. The lowest BCUT2D eigenvalue weighted by Crippen LogP contribution is -2.48. The van der Waals surface area contributed by atoms with Crippen molar-refractivity contribution >= 4 is 11.6 Å². The number of amides is 1. The lowest BCUT2D eigenvalue weighted by atomic mass is 9.99. The number of rotatable bonds is 6. The van der Waals surface area contributed by atoms with E-state index in [4.69, 9.17) is 0 Å². The predicted molar refractivity (Wildman–Crippen MR) is 113 cm³/mol. The fraction of sp³-hybridized carbons (Fsp3) is 0.458. The highest BCUT2D eigenvalue weighted by atomic mass is 19.1. The molecule has 0 aliphatic carbocycles. The van der Waals surface area contributed by atoms with Crippen molar-refractivity contribution in [1.29, 1.82) is 0 Å².